The first kappa shape index (κ1) is 18.3. The molecule has 0 radical (unpaired) electrons. The van der Waals surface area contributed by atoms with Crippen molar-refractivity contribution in [1.82, 2.24) is 4.90 Å². The van der Waals surface area contributed by atoms with E-state index in [1.54, 1.807) is 13.1 Å². The molecule has 1 heterocycles. The van der Waals surface area contributed by atoms with Crippen LogP contribution in [0.5, 0.6) is 11.5 Å². The lowest BCUT2D eigenvalue weighted by Gasteiger charge is -2.21. The zero-order valence-corrected chi connectivity index (χ0v) is 15.3. The van der Waals surface area contributed by atoms with E-state index >= 15 is 0 Å². The Kier molecular flexibility index (Phi) is 5.03. The summed E-state index contributed by atoms with van der Waals surface area (Å²) < 4.78 is 16.5. The minimum absolute atomic E-state index is 0.172. The Morgan fingerprint density at radius 3 is 2.44 bits per heavy atom. The Morgan fingerprint density at radius 1 is 1.15 bits per heavy atom. The second-order valence-corrected chi connectivity index (χ2v) is 6.00. The van der Waals surface area contributed by atoms with Crippen LogP contribution in [-0.4, -0.2) is 32.2 Å². The fraction of sp³-hybridized carbons (Fsp3) is 0.200. The second kappa shape index (κ2) is 7.41. The second-order valence-electron chi connectivity index (χ2n) is 6.00. The summed E-state index contributed by atoms with van der Waals surface area (Å²) >= 11 is 0. The minimum Gasteiger partial charge on any atom is -0.496 e. The normalized spacial score (nSPS) is 10.6. The van der Waals surface area contributed by atoms with Gasteiger partial charge in [-0.05, 0) is 5.56 Å². The van der Waals surface area contributed by atoms with Crippen molar-refractivity contribution in [3.63, 3.8) is 0 Å². The van der Waals surface area contributed by atoms with E-state index < -0.39 is 11.7 Å². The van der Waals surface area contributed by atoms with Crippen LogP contribution in [0.1, 0.15) is 5.56 Å². The summed E-state index contributed by atoms with van der Waals surface area (Å²) in [7, 11) is 4.59. The van der Waals surface area contributed by atoms with Gasteiger partial charge in [-0.15, -0.1) is 0 Å². The molecule has 2 N–H and O–H groups in total. The number of urea groups is 1. The number of nitrogens with zero attached hydrogens (tertiary/aromatic N) is 1. The number of rotatable bonds is 5. The lowest BCUT2D eigenvalue weighted by atomic mass is 9.98. The van der Waals surface area contributed by atoms with Crippen LogP contribution in [0.4, 0.5) is 4.79 Å². The number of carbonyl (C=O) groups is 1. The molecule has 0 aliphatic carbocycles. The van der Waals surface area contributed by atoms with Crippen LogP contribution in [0.15, 0.2) is 51.7 Å². The first-order valence-electron chi connectivity index (χ1n) is 8.24. The number of nitrogens with two attached hydrogens (primary N) is 1. The molecule has 0 bridgehead atoms. The lowest BCUT2D eigenvalue weighted by molar-refractivity contribution is 0.215. The number of hydrogen-bond acceptors (Lipinski definition) is 5. The largest absolute Gasteiger partial charge is 0.496 e. The van der Waals surface area contributed by atoms with Gasteiger partial charge in [0.1, 0.15) is 17.1 Å². The summed E-state index contributed by atoms with van der Waals surface area (Å²) in [5, 5.41) is 0.622. The molecule has 140 valence electrons. The predicted octanol–water partition coefficient (Wildman–Crippen LogP) is 2.99. The van der Waals surface area contributed by atoms with E-state index in [2.05, 4.69) is 0 Å². The van der Waals surface area contributed by atoms with Crippen LogP contribution in [0.25, 0.3) is 22.1 Å². The summed E-state index contributed by atoms with van der Waals surface area (Å²) in [6.45, 7) is 0.172. The number of primary amides is 1. The van der Waals surface area contributed by atoms with Gasteiger partial charge in [0.05, 0.1) is 31.7 Å². The summed E-state index contributed by atoms with van der Waals surface area (Å²) in [5.74, 6) is 0.890. The first-order chi connectivity index (χ1) is 13.0. The van der Waals surface area contributed by atoms with Gasteiger partial charge in [-0.2, -0.15) is 0 Å². The number of methoxy groups -OCH3 is 2. The quantitative estimate of drug-likeness (QED) is 0.699. The number of amides is 2. The molecule has 3 rings (SSSR count). The maximum atomic E-state index is 12.1. The summed E-state index contributed by atoms with van der Waals surface area (Å²) in [5.41, 5.74) is 7.36. The molecule has 2 aromatic carbocycles. The monoisotopic (exact) mass is 368 g/mol. The zero-order chi connectivity index (χ0) is 19.6. The smallest absolute Gasteiger partial charge is 0.336 e. The maximum Gasteiger partial charge on any atom is 0.336 e. The molecule has 0 fully saturated rings. The number of fused-ring (bicyclic) bond motifs is 1. The van der Waals surface area contributed by atoms with Gasteiger partial charge in [0.2, 0.25) is 0 Å². The highest BCUT2D eigenvalue weighted by Gasteiger charge is 2.22. The SMILES string of the molecule is COc1cc2oc(=O)cc(-c3ccccc3)c2c(OC)c1CN(C)C(N)=O. The van der Waals surface area contributed by atoms with Crippen molar-refractivity contribution in [3.05, 3.63) is 58.4 Å². The molecule has 0 aliphatic heterocycles. The van der Waals surface area contributed by atoms with Gasteiger partial charge in [-0.3, -0.25) is 0 Å². The van der Waals surface area contributed by atoms with Crippen LogP contribution in [-0.2, 0) is 6.54 Å². The molecule has 27 heavy (non-hydrogen) atoms. The van der Waals surface area contributed by atoms with Gasteiger partial charge in [0, 0.05) is 24.7 Å². The van der Waals surface area contributed by atoms with Gasteiger partial charge in [-0.1, -0.05) is 30.3 Å². The zero-order valence-electron chi connectivity index (χ0n) is 15.3. The van der Waals surface area contributed by atoms with Crippen LogP contribution in [0.3, 0.4) is 0 Å². The molecular formula is C20H20N2O5. The van der Waals surface area contributed by atoms with Gasteiger partial charge >= 0.3 is 11.7 Å². The van der Waals surface area contributed by atoms with E-state index in [0.717, 1.165) is 5.56 Å². The van der Waals surface area contributed by atoms with Crippen LogP contribution < -0.4 is 20.8 Å². The third-order valence-corrected chi connectivity index (χ3v) is 4.33. The Labute approximate surface area is 155 Å². The number of carbonyl (C=O) groups excluding carboxylic acids is 1. The molecule has 0 spiro atoms. The fourth-order valence-corrected chi connectivity index (χ4v) is 3.03. The van der Waals surface area contributed by atoms with Crippen LogP contribution in [0, 0.1) is 0 Å². The van der Waals surface area contributed by atoms with E-state index in [4.69, 9.17) is 19.6 Å². The Morgan fingerprint density at radius 2 is 1.85 bits per heavy atom. The Bertz CT molecular complexity index is 1040. The Balaban J connectivity index is 2.38. The van der Waals surface area contributed by atoms with Crippen molar-refractivity contribution in [2.45, 2.75) is 6.54 Å². The fourth-order valence-electron chi connectivity index (χ4n) is 3.03. The molecule has 0 aliphatic rings. The molecule has 2 amide bonds. The molecule has 0 atom stereocenters. The molecule has 3 aromatic rings. The highest BCUT2D eigenvalue weighted by atomic mass is 16.5. The first-order valence-corrected chi connectivity index (χ1v) is 8.24. The number of benzene rings is 2. The van der Waals surface area contributed by atoms with Crippen LogP contribution in [0.2, 0.25) is 0 Å². The van der Waals surface area contributed by atoms with E-state index in [-0.39, 0.29) is 6.54 Å². The summed E-state index contributed by atoms with van der Waals surface area (Å²) in [4.78, 5) is 25.0. The minimum atomic E-state index is -0.581. The lowest BCUT2D eigenvalue weighted by Crippen LogP contribution is -2.31. The predicted molar refractivity (Wildman–Crippen MR) is 102 cm³/mol. The third-order valence-electron chi connectivity index (χ3n) is 4.33. The highest BCUT2D eigenvalue weighted by molar-refractivity contribution is 5.99. The topological polar surface area (TPSA) is 95.0 Å². The van der Waals surface area contributed by atoms with Gasteiger partial charge in [0.25, 0.3) is 0 Å². The van der Waals surface area contributed by atoms with E-state index in [0.29, 0.717) is 33.6 Å². The van der Waals surface area contributed by atoms with E-state index in [1.807, 2.05) is 30.3 Å². The molecule has 1 aromatic heterocycles. The summed E-state index contributed by atoms with van der Waals surface area (Å²) in [6.07, 6.45) is 0. The van der Waals surface area contributed by atoms with Crippen molar-refractivity contribution in [1.29, 1.82) is 0 Å². The average molecular weight is 368 g/mol. The van der Waals surface area contributed by atoms with Crippen LogP contribution >= 0.6 is 0 Å². The molecule has 7 nitrogen and oxygen atoms in total. The van der Waals surface area contributed by atoms with Gasteiger partial charge in [-0.25, -0.2) is 9.59 Å². The highest BCUT2D eigenvalue weighted by Crippen LogP contribution is 2.41. The molecule has 0 unspecified atom stereocenters. The van der Waals surface area contributed by atoms with Crippen molar-refractivity contribution in [2.75, 3.05) is 21.3 Å². The van der Waals surface area contributed by atoms with Crippen molar-refractivity contribution >= 4 is 17.0 Å². The van der Waals surface area contributed by atoms with Gasteiger partial charge in [0.15, 0.2) is 0 Å². The van der Waals surface area contributed by atoms with E-state index in [1.165, 1.54) is 25.2 Å². The number of ether oxygens (including phenoxy) is 2. The molecule has 0 saturated carbocycles. The Hall–Kier alpha value is -3.48. The molecule has 0 saturated heterocycles. The van der Waals surface area contributed by atoms with E-state index in [9.17, 15) is 9.59 Å². The standard InChI is InChI=1S/C20H20N2O5/c1-22(20(21)24)11-14-15(25-2)10-16-18(19(14)26-3)13(9-17(23)27-16)12-7-5-4-6-8-12/h4-10H,11H2,1-3H3,(H2,21,24). The summed E-state index contributed by atoms with van der Waals surface area (Å²) in [6, 6.07) is 11.9. The maximum absolute atomic E-state index is 12.1. The van der Waals surface area contributed by atoms with Crippen molar-refractivity contribution in [2.24, 2.45) is 5.73 Å². The third kappa shape index (κ3) is 3.44. The van der Waals surface area contributed by atoms with Crippen molar-refractivity contribution < 1.29 is 18.7 Å². The van der Waals surface area contributed by atoms with Gasteiger partial charge < -0.3 is 24.5 Å². The molecule has 7 heteroatoms. The average Bonchev–Trinajstić information content (AvgIpc) is 2.67. The van der Waals surface area contributed by atoms with Crippen molar-refractivity contribution in [3.8, 4) is 22.6 Å². The number of hydrogen-bond donors (Lipinski definition) is 1. The molecular weight excluding hydrogens is 348 g/mol.